The minimum Gasteiger partial charge on any atom is -0.395 e. The van der Waals surface area contributed by atoms with Crippen molar-refractivity contribution in [2.24, 2.45) is 0 Å². The zero-order valence-corrected chi connectivity index (χ0v) is 8.01. The van der Waals surface area contributed by atoms with E-state index in [4.69, 9.17) is 10.3 Å². The number of hydrogen-bond donors (Lipinski definition) is 1. The van der Waals surface area contributed by atoms with Crippen LogP contribution in [0.4, 0.5) is 18.9 Å². The van der Waals surface area contributed by atoms with E-state index in [9.17, 15) is 13.2 Å². The monoisotopic (exact) mass is 228 g/mol. The summed E-state index contributed by atoms with van der Waals surface area (Å²) >= 11 is 0. The molecule has 16 heavy (non-hydrogen) atoms. The van der Waals surface area contributed by atoms with E-state index < -0.39 is 17.5 Å². The van der Waals surface area contributed by atoms with Crippen LogP contribution in [0.5, 0.6) is 0 Å². The van der Waals surface area contributed by atoms with E-state index in [0.717, 1.165) is 6.07 Å². The summed E-state index contributed by atoms with van der Waals surface area (Å²) in [6.07, 6.45) is 1.18. The van der Waals surface area contributed by atoms with Crippen LogP contribution >= 0.6 is 0 Å². The van der Waals surface area contributed by atoms with Crippen molar-refractivity contribution in [3.05, 3.63) is 47.1 Å². The Labute approximate surface area is 88.7 Å². The topological polar surface area (TPSA) is 52.0 Å². The first-order valence-corrected chi connectivity index (χ1v) is 4.40. The van der Waals surface area contributed by atoms with Gasteiger partial charge in [-0.1, -0.05) is 5.16 Å². The Morgan fingerprint density at radius 3 is 2.44 bits per heavy atom. The average molecular weight is 228 g/mol. The molecule has 0 aliphatic carbocycles. The molecule has 1 aromatic heterocycles. The molecule has 0 spiro atoms. The van der Waals surface area contributed by atoms with E-state index in [0.29, 0.717) is 6.07 Å². The maximum atomic E-state index is 13.2. The SMILES string of the molecule is Nc1cnoc1Cc1cc(F)c(F)cc1F. The van der Waals surface area contributed by atoms with Crippen LogP contribution in [0.25, 0.3) is 0 Å². The molecule has 3 nitrogen and oxygen atoms in total. The summed E-state index contributed by atoms with van der Waals surface area (Å²) in [7, 11) is 0. The molecule has 2 N–H and O–H groups in total. The lowest BCUT2D eigenvalue weighted by Gasteiger charge is -2.02. The van der Waals surface area contributed by atoms with Crippen molar-refractivity contribution in [1.29, 1.82) is 0 Å². The second-order valence-electron chi connectivity index (χ2n) is 3.24. The van der Waals surface area contributed by atoms with Gasteiger partial charge in [-0.25, -0.2) is 13.2 Å². The number of nitrogens with two attached hydrogens (primary N) is 1. The van der Waals surface area contributed by atoms with Crippen LogP contribution in [0.3, 0.4) is 0 Å². The van der Waals surface area contributed by atoms with Gasteiger partial charge in [-0.05, 0) is 11.6 Å². The molecule has 0 atom stereocenters. The minimum absolute atomic E-state index is 0.0395. The van der Waals surface area contributed by atoms with Crippen LogP contribution < -0.4 is 5.73 Å². The normalized spacial score (nSPS) is 10.7. The number of rotatable bonds is 2. The van der Waals surface area contributed by atoms with Gasteiger partial charge in [-0.2, -0.15) is 0 Å². The second kappa shape index (κ2) is 3.88. The smallest absolute Gasteiger partial charge is 0.164 e. The minimum atomic E-state index is -1.23. The van der Waals surface area contributed by atoms with Gasteiger partial charge in [0, 0.05) is 12.5 Å². The Morgan fingerprint density at radius 1 is 1.12 bits per heavy atom. The van der Waals surface area contributed by atoms with Crippen LogP contribution in [0.2, 0.25) is 0 Å². The van der Waals surface area contributed by atoms with Gasteiger partial charge in [0.05, 0.1) is 11.9 Å². The molecular weight excluding hydrogens is 221 g/mol. The largest absolute Gasteiger partial charge is 0.395 e. The third-order valence-corrected chi connectivity index (χ3v) is 2.12. The molecule has 0 bridgehead atoms. The molecule has 0 aliphatic heterocycles. The van der Waals surface area contributed by atoms with Crippen molar-refractivity contribution < 1.29 is 17.7 Å². The van der Waals surface area contributed by atoms with Crippen LogP contribution in [0.1, 0.15) is 11.3 Å². The summed E-state index contributed by atoms with van der Waals surface area (Å²) in [5.41, 5.74) is 5.66. The summed E-state index contributed by atoms with van der Waals surface area (Å²) < 4.78 is 43.5. The zero-order chi connectivity index (χ0) is 11.7. The van der Waals surface area contributed by atoms with Crippen molar-refractivity contribution in [3.8, 4) is 0 Å². The number of aromatic nitrogens is 1. The van der Waals surface area contributed by atoms with E-state index in [2.05, 4.69) is 5.16 Å². The van der Waals surface area contributed by atoms with Gasteiger partial charge in [0.25, 0.3) is 0 Å². The van der Waals surface area contributed by atoms with E-state index in [1.807, 2.05) is 0 Å². The van der Waals surface area contributed by atoms with Gasteiger partial charge in [-0.3, -0.25) is 0 Å². The summed E-state index contributed by atoms with van der Waals surface area (Å²) in [6.45, 7) is 0. The van der Waals surface area contributed by atoms with Crippen LogP contribution in [0, 0.1) is 17.5 Å². The number of benzene rings is 1. The second-order valence-corrected chi connectivity index (χ2v) is 3.24. The van der Waals surface area contributed by atoms with Gasteiger partial charge < -0.3 is 10.3 Å². The third kappa shape index (κ3) is 1.86. The quantitative estimate of drug-likeness (QED) is 0.802. The lowest BCUT2D eigenvalue weighted by Crippen LogP contribution is -1.98. The maximum Gasteiger partial charge on any atom is 0.164 e. The highest BCUT2D eigenvalue weighted by Gasteiger charge is 2.13. The lowest BCUT2D eigenvalue weighted by molar-refractivity contribution is 0.388. The fourth-order valence-electron chi connectivity index (χ4n) is 1.28. The Kier molecular flexibility index (Phi) is 2.55. The Hall–Kier alpha value is -1.98. The summed E-state index contributed by atoms with van der Waals surface area (Å²) in [5.74, 6) is -2.99. The number of hydrogen-bond acceptors (Lipinski definition) is 3. The summed E-state index contributed by atoms with van der Waals surface area (Å²) in [6, 6.07) is 1.25. The number of halogens is 3. The predicted octanol–water partition coefficient (Wildman–Crippen LogP) is 2.26. The van der Waals surface area contributed by atoms with Crippen molar-refractivity contribution in [3.63, 3.8) is 0 Å². The molecule has 1 aromatic carbocycles. The van der Waals surface area contributed by atoms with Crippen LogP contribution in [-0.4, -0.2) is 5.16 Å². The molecule has 1 heterocycles. The number of nitrogen functional groups attached to an aromatic ring is 1. The van der Waals surface area contributed by atoms with Crippen LogP contribution in [0.15, 0.2) is 22.9 Å². The summed E-state index contributed by atoms with van der Waals surface area (Å²) in [4.78, 5) is 0. The lowest BCUT2D eigenvalue weighted by atomic mass is 10.1. The highest BCUT2D eigenvalue weighted by molar-refractivity contribution is 5.41. The molecule has 0 saturated heterocycles. The Bertz CT molecular complexity index is 525. The molecule has 0 aliphatic rings. The number of anilines is 1. The fraction of sp³-hybridized carbons (Fsp3) is 0.100. The first kappa shape index (κ1) is 10.5. The van der Waals surface area contributed by atoms with Crippen molar-refractivity contribution in [2.75, 3.05) is 5.73 Å². The first-order chi connectivity index (χ1) is 7.58. The molecule has 2 aromatic rings. The van der Waals surface area contributed by atoms with Crippen molar-refractivity contribution >= 4 is 5.69 Å². The molecule has 84 valence electrons. The Morgan fingerprint density at radius 2 is 1.81 bits per heavy atom. The highest BCUT2D eigenvalue weighted by atomic mass is 19.2. The standard InChI is InChI=1S/C10H7F3N2O/c11-6-3-8(13)7(12)1-5(6)2-10-9(14)4-15-16-10/h1,3-4H,2,14H2. The molecule has 0 amide bonds. The fourth-order valence-corrected chi connectivity index (χ4v) is 1.28. The van der Waals surface area contributed by atoms with Gasteiger partial charge >= 0.3 is 0 Å². The predicted molar refractivity (Wildman–Crippen MR) is 50.0 cm³/mol. The highest BCUT2D eigenvalue weighted by Crippen LogP contribution is 2.20. The van der Waals surface area contributed by atoms with Crippen LogP contribution in [-0.2, 0) is 6.42 Å². The third-order valence-electron chi connectivity index (χ3n) is 2.12. The van der Waals surface area contributed by atoms with Gasteiger partial charge in [-0.15, -0.1) is 0 Å². The molecule has 0 radical (unpaired) electrons. The molecule has 0 saturated carbocycles. The molecule has 0 fully saturated rings. The van der Waals surface area contributed by atoms with E-state index in [-0.39, 0.29) is 23.4 Å². The van der Waals surface area contributed by atoms with Crippen molar-refractivity contribution in [1.82, 2.24) is 5.16 Å². The van der Waals surface area contributed by atoms with E-state index >= 15 is 0 Å². The summed E-state index contributed by atoms with van der Waals surface area (Å²) in [5, 5.41) is 3.40. The maximum absolute atomic E-state index is 13.2. The zero-order valence-electron chi connectivity index (χ0n) is 8.01. The van der Waals surface area contributed by atoms with Gasteiger partial charge in [0.2, 0.25) is 0 Å². The first-order valence-electron chi connectivity index (χ1n) is 4.40. The van der Waals surface area contributed by atoms with Crippen molar-refractivity contribution in [2.45, 2.75) is 6.42 Å². The molecule has 6 heteroatoms. The molecule has 0 unspecified atom stereocenters. The van der Waals surface area contributed by atoms with E-state index in [1.54, 1.807) is 0 Å². The van der Waals surface area contributed by atoms with Gasteiger partial charge in [0.1, 0.15) is 5.82 Å². The Balaban J connectivity index is 2.35. The average Bonchev–Trinajstić information content (AvgIpc) is 2.61. The number of nitrogens with zero attached hydrogens (tertiary/aromatic N) is 1. The van der Waals surface area contributed by atoms with Gasteiger partial charge in [0.15, 0.2) is 17.4 Å². The molecular formula is C10H7F3N2O. The van der Waals surface area contributed by atoms with E-state index in [1.165, 1.54) is 6.20 Å². The molecule has 2 rings (SSSR count).